The van der Waals surface area contributed by atoms with E-state index in [-0.39, 0.29) is 0 Å². The van der Waals surface area contributed by atoms with Crippen molar-refractivity contribution in [2.24, 2.45) is 0 Å². The normalized spacial score (nSPS) is 10.9. The minimum atomic E-state index is -0.396. The van der Waals surface area contributed by atoms with Crippen LogP contribution in [0.1, 0.15) is 0 Å². The molecule has 0 aliphatic rings. The second-order valence-corrected chi connectivity index (χ2v) is 3.67. The van der Waals surface area contributed by atoms with Gasteiger partial charge >= 0.3 is 5.69 Å². The summed E-state index contributed by atoms with van der Waals surface area (Å²) in [6, 6.07) is 7.55. The molecule has 0 saturated carbocycles. The van der Waals surface area contributed by atoms with Crippen LogP contribution in [-0.2, 0) is 0 Å². The molecule has 2 aromatic heterocycles. The molecule has 84 valence electrons. The Balaban J connectivity index is 2.39. The summed E-state index contributed by atoms with van der Waals surface area (Å²) in [6.45, 7) is 0. The van der Waals surface area contributed by atoms with Crippen LogP contribution >= 0.6 is 0 Å². The number of H-pyrrole nitrogens is 1. The molecular weight excluding hydrogens is 218 g/mol. The number of ether oxygens (including phenoxy) is 1. The van der Waals surface area contributed by atoms with Gasteiger partial charge in [-0.1, -0.05) is 0 Å². The summed E-state index contributed by atoms with van der Waals surface area (Å²) in [7, 11) is 1.61. The van der Waals surface area contributed by atoms with Crippen LogP contribution < -0.4 is 10.4 Å². The molecule has 0 aliphatic heterocycles. The maximum Gasteiger partial charge on any atom is 0.346 e. The molecule has 3 aromatic rings. The lowest BCUT2D eigenvalue weighted by atomic mass is 10.2. The molecule has 0 aliphatic carbocycles. The smallest absolute Gasteiger partial charge is 0.346 e. The van der Waals surface area contributed by atoms with Gasteiger partial charge in [-0.2, -0.15) is 0 Å². The van der Waals surface area contributed by atoms with E-state index in [9.17, 15) is 4.79 Å². The first-order valence-electron chi connectivity index (χ1n) is 5.10. The second-order valence-electron chi connectivity index (χ2n) is 3.67. The van der Waals surface area contributed by atoms with Gasteiger partial charge in [-0.3, -0.25) is 4.98 Å². The lowest BCUT2D eigenvalue weighted by Crippen LogP contribution is -2.09. The van der Waals surface area contributed by atoms with Crippen molar-refractivity contribution >= 4 is 21.9 Å². The van der Waals surface area contributed by atoms with E-state index in [1.165, 1.54) is 6.20 Å². The minimum Gasteiger partial charge on any atom is -0.497 e. The van der Waals surface area contributed by atoms with Gasteiger partial charge in [0.2, 0.25) is 0 Å². The van der Waals surface area contributed by atoms with E-state index >= 15 is 0 Å². The van der Waals surface area contributed by atoms with Crippen LogP contribution in [0.4, 0.5) is 0 Å². The van der Waals surface area contributed by atoms with Crippen LogP contribution in [-0.4, -0.2) is 22.1 Å². The largest absolute Gasteiger partial charge is 0.497 e. The molecule has 2 heterocycles. The zero-order valence-corrected chi connectivity index (χ0v) is 9.10. The average Bonchev–Trinajstić information content (AvgIpc) is 2.35. The van der Waals surface area contributed by atoms with E-state index < -0.39 is 5.69 Å². The zero-order chi connectivity index (χ0) is 11.8. The molecule has 1 N–H and O–H groups in total. The van der Waals surface area contributed by atoms with Crippen molar-refractivity contribution in [2.75, 3.05) is 7.11 Å². The van der Waals surface area contributed by atoms with Gasteiger partial charge in [0.05, 0.1) is 12.6 Å². The van der Waals surface area contributed by atoms with Crippen LogP contribution in [0, 0.1) is 0 Å². The molecule has 0 radical (unpaired) electrons. The van der Waals surface area contributed by atoms with E-state index in [2.05, 4.69) is 15.0 Å². The van der Waals surface area contributed by atoms with Gasteiger partial charge in [0.1, 0.15) is 11.4 Å². The Hall–Kier alpha value is -2.43. The Morgan fingerprint density at radius 2 is 2.12 bits per heavy atom. The van der Waals surface area contributed by atoms with Crippen molar-refractivity contribution in [2.45, 2.75) is 0 Å². The number of benzene rings is 1. The molecule has 5 heteroatoms. The third-order valence-electron chi connectivity index (χ3n) is 2.60. The van der Waals surface area contributed by atoms with Gasteiger partial charge in [0, 0.05) is 23.0 Å². The van der Waals surface area contributed by atoms with Crippen molar-refractivity contribution in [3.63, 3.8) is 0 Å². The van der Waals surface area contributed by atoms with Gasteiger partial charge < -0.3 is 4.74 Å². The monoisotopic (exact) mass is 227 g/mol. The van der Waals surface area contributed by atoms with Gasteiger partial charge in [-0.25, -0.2) is 14.8 Å². The summed E-state index contributed by atoms with van der Waals surface area (Å²) < 4.78 is 5.13. The molecule has 0 fully saturated rings. The summed E-state index contributed by atoms with van der Waals surface area (Å²) in [5.74, 6) is 0.737. The van der Waals surface area contributed by atoms with Gasteiger partial charge in [0.25, 0.3) is 0 Å². The molecule has 3 rings (SSSR count). The van der Waals surface area contributed by atoms with Gasteiger partial charge in [0.15, 0.2) is 0 Å². The Kier molecular flexibility index (Phi) is 2.04. The number of methoxy groups -OCH3 is 1. The number of pyridine rings is 1. The first kappa shape index (κ1) is 9.77. The molecule has 0 bridgehead atoms. The number of hydrogen-bond donors (Lipinski definition) is 1. The predicted octanol–water partition coefficient (Wildman–Crippen LogP) is 1.48. The van der Waals surface area contributed by atoms with Crippen molar-refractivity contribution in [3.8, 4) is 5.75 Å². The first-order chi connectivity index (χ1) is 8.26. The van der Waals surface area contributed by atoms with E-state index in [0.717, 1.165) is 22.0 Å². The van der Waals surface area contributed by atoms with Crippen LogP contribution in [0.2, 0.25) is 0 Å². The lowest BCUT2D eigenvalue weighted by Gasteiger charge is -2.03. The van der Waals surface area contributed by atoms with Crippen molar-refractivity contribution in [1.29, 1.82) is 0 Å². The summed E-state index contributed by atoms with van der Waals surface area (Å²) >= 11 is 0. The number of nitrogens with zero attached hydrogens (tertiary/aromatic N) is 2. The quantitative estimate of drug-likeness (QED) is 0.639. The topological polar surface area (TPSA) is 67.9 Å². The summed E-state index contributed by atoms with van der Waals surface area (Å²) in [6.07, 6.45) is 1.52. The molecular formula is C12H9N3O2. The number of nitrogens with one attached hydrogen (secondary N) is 1. The summed E-state index contributed by atoms with van der Waals surface area (Å²) in [4.78, 5) is 21.8. The molecule has 0 atom stereocenters. The highest BCUT2D eigenvalue weighted by Crippen LogP contribution is 2.21. The molecule has 0 amide bonds. The van der Waals surface area contributed by atoms with Crippen LogP contribution in [0.3, 0.4) is 0 Å². The highest BCUT2D eigenvalue weighted by molar-refractivity contribution is 5.91. The van der Waals surface area contributed by atoms with Gasteiger partial charge in [-0.05, 0) is 18.2 Å². The van der Waals surface area contributed by atoms with E-state index in [1.54, 1.807) is 7.11 Å². The van der Waals surface area contributed by atoms with E-state index in [4.69, 9.17) is 4.74 Å². The molecule has 0 unspecified atom stereocenters. The lowest BCUT2D eigenvalue weighted by molar-refractivity contribution is 0.415. The average molecular weight is 227 g/mol. The Morgan fingerprint density at radius 1 is 1.24 bits per heavy atom. The fourth-order valence-corrected chi connectivity index (χ4v) is 1.75. The standard InChI is InChI=1S/C12H9N3O2/c1-17-9-3-2-7-4-8-6-13-12(16)15-11(8)14-10(7)5-9/h2-6H,1H3,(H,13,14,15,16). The molecule has 0 saturated heterocycles. The number of rotatable bonds is 1. The van der Waals surface area contributed by atoms with Gasteiger partial charge in [-0.15, -0.1) is 0 Å². The maximum absolute atomic E-state index is 11.1. The Bertz CT molecular complexity index is 764. The highest BCUT2D eigenvalue weighted by Gasteiger charge is 2.02. The summed E-state index contributed by atoms with van der Waals surface area (Å²) in [5, 5.41) is 1.79. The first-order valence-corrected chi connectivity index (χ1v) is 5.10. The number of hydrogen-bond acceptors (Lipinski definition) is 4. The predicted molar refractivity (Wildman–Crippen MR) is 64.2 cm³/mol. The summed E-state index contributed by atoms with van der Waals surface area (Å²) in [5.41, 5.74) is 0.914. The number of aromatic nitrogens is 3. The second kappa shape index (κ2) is 3.55. The SMILES string of the molecule is COc1ccc2cc3cnc(=O)[nH]c3nc2c1. The Morgan fingerprint density at radius 3 is 2.94 bits per heavy atom. The maximum atomic E-state index is 11.1. The van der Waals surface area contributed by atoms with Crippen molar-refractivity contribution in [3.05, 3.63) is 40.9 Å². The molecule has 0 spiro atoms. The fourth-order valence-electron chi connectivity index (χ4n) is 1.75. The van der Waals surface area contributed by atoms with Crippen molar-refractivity contribution < 1.29 is 4.74 Å². The molecule has 5 nitrogen and oxygen atoms in total. The number of fused-ring (bicyclic) bond motifs is 2. The highest BCUT2D eigenvalue weighted by atomic mass is 16.5. The molecule has 1 aromatic carbocycles. The zero-order valence-electron chi connectivity index (χ0n) is 9.10. The fraction of sp³-hybridized carbons (Fsp3) is 0.0833. The van der Waals surface area contributed by atoms with E-state index in [0.29, 0.717) is 5.65 Å². The third-order valence-corrected chi connectivity index (χ3v) is 2.60. The molecule has 17 heavy (non-hydrogen) atoms. The number of aromatic amines is 1. The minimum absolute atomic E-state index is 0.396. The van der Waals surface area contributed by atoms with Crippen LogP contribution in [0.25, 0.3) is 21.9 Å². The third kappa shape index (κ3) is 1.61. The van der Waals surface area contributed by atoms with Crippen LogP contribution in [0.5, 0.6) is 5.75 Å². The van der Waals surface area contributed by atoms with Crippen molar-refractivity contribution in [1.82, 2.24) is 15.0 Å². The van der Waals surface area contributed by atoms with Crippen LogP contribution in [0.15, 0.2) is 35.3 Å². The Labute approximate surface area is 96.1 Å². The van der Waals surface area contributed by atoms with E-state index in [1.807, 2.05) is 24.3 Å².